The number of hydrogen-bond donors (Lipinski definition) is 1. The van der Waals surface area contributed by atoms with Crippen LogP contribution in [0.4, 0.5) is 0 Å². The molecule has 2 amide bonds. The Kier molecular flexibility index (Phi) is 4.96. The zero-order chi connectivity index (χ0) is 15.3. The second-order valence-corrected chi connectivity index (χ2v) is 5.32. The Hall–Kier alpha value is -1.88. The zero-order valence-corrected chi connectivity index (χ0v) is 12.6. The fourth-order valence-corrected chi connectivity index (χ4v) is 2.58. The zero-order valence-electron chi connectivity index (χ0n) is 12.6. The monoisotopic (exact) mass is 290 g/mol. The number of rotatable bonds is 6. The van der Waals surface area contributed by atoms with Crippen LogP contribution in [-0.2, 0) is 19.9 Å². The molecule has 0 aromatic heterocycles. The molecule has 0 bridgehead atoms. The average molecular weight is 290 g/mol. The second kappa shape index (κ2) is 6.72. The number of amides is 2. The summed E-state index contributed by atoms with van der Waals surface area (Å²) in [7, 11) is 0. The number of carbonyl (C=O) groups excluding carboxylic acids is 2. The molecule has 1 aliphatic heterocycles. The van der Waals surface area contributed by atoms with Gasteiger partial charge < -0.3 is 15.0 Å². The van der Waals surface area contributed by atoms with Crippen LogP contribution in [0.1, 0.15) is 25.8 Å². The van der Waals surface area contributed by atoms with E-state index in [1.165, 1.54) is 0 Å². The fraction of sp³-hybridized carbons (Fsp3) is 0.500. The summed E-state index contributed by atoms with van der Waals surface area (Å²) in [6.07, 6.45) is 0.734. The SMILES string of the molecule is CCOCCCN1CC(=O)NC(C)(c2ccccc2)C1=O. The van der Waals surface area contributed by atoms with E-state index >= 15 is 0 Å². The van der Waals surface area contributed by atoms with Crippen molar-refractivity contribution >= 4 is 11.8 Å². The quantitative estimate of drug-likeness (QED) is 0.803. The number of hydrogen-bond acceptors (Lipinski definition) is 3. The average Bonchev–Trinajstić information content (AvgIpc) is 2.49. The molecule has 1 aliphatic rings. The third kappa shape index (κ3) is 3.42. The van der Waals surface area contributed by atoms with Gasteiger partial charge in [0.05, 0.1) is 6.54 Å². The van der Waals surface area contributed by atoms with E-state index in [1.807, 2.05) is 37.3 Å². The van der Waals surface area contributed by atoms with E-state index in [4.69, 9.17) is 4.74 Å². The van der Waals surface area contributed by atoms with Crippen LogP contribution in [-0.4, -0.2) is 43.0 Å². The third-order valence-corrected chi connectivity index (χ3v) is 3.71. The third-order valence-electron chi connectivity index (χ3n) is 3.71. The molecule has 2 rings (SSSR count). The molecule has 5 nitrogen and oxygen atoms in total. The van der Waals surface area contributed by atoms with Gasteiger partial charge in [-0.2, -0.15) is 0 Å². The van der Waals surface area contributed by atoms with Crippen LogP contribution in [0.3, 0.4) is 0 Å². The number of piperazine rings is 1. The van der Waals surface area contributed by atoms with Gasteiger partial charge in [0.25, 0.3) is 5.91 Å². The lowest BCUT2D eigenvalue weighted by Gasteiger charge is -2.40. The molecular weight excluding hydrogens is 268 g/mol. The number of nitrogens with one attached hydrogen (secondary N) is 1. The molecule has 0 aliphatic carbocycles. The van der Waals surface area contributed by atoms with Crippen LogP contribution >= 0.6 is 0 Å². The molecule has 1 aromatic rings. The lowest BCUT2D eigenvalue weighted by atomic mass is 9.88. The number of benzene rings is 1. The number of ether oxygens (including phenoxy) is 1. The summed E-state index contributed by atoms with van der Waals surface area (Å²) in [5, 5.41) is 2.83. The lowest BCUT2D eigenvalue weighted by Crippen LogP contribution is -2.63. The largest absolute Gasteiger partial charge is 0.382 e. The fourth-order valence-electron chi connectivity index (χ4n) is 2.58. The van der Waals surface area contributed by atoms with E-state index < -0.39 is 5.54 Å². The van der Waals surface area contributed by atoms with Crippen molar-refractivity contribution in [2.75, 3.05) is 26.3 Å². The van der Waals surface area contributed by atoms with Gasteiger partial charge in [-0.3, -0.25) is 9.59 Å². The van der Waals surface area contributed by atoms with Crippen molar-refractivity contribution in [1.82, 2.24) is 10.2 Å². The van der Waals surface area contributed by atoms with Crippen LogP contribution in [0.15, 0.2) is 30.3 Å². The first kappa shape index (κ1) is 15.5. The Labute approximate surface area is 125 Å². The van der Waals surface area contributed by atoms with Crippen LogP contribution in [0, 0.1) is 0 Å². The first-order valence-electron chi connectivity index (χ1n) is 7.31. The normalized spacial score (nSPS) is 22.3. The van der Waals surface area contributed by atoms with Crippen molar-refractivity contribution in [2.24, 2.45) is 0 Å². The molecule has 0 spiro atoms. The maximum absolute atomic E-state index is 12.7. The Balaban J connectivity index is 2.12. The second-order valence-electron chi connectivity index (χ2n) is 5.32. The molecule has 0 saturated carbocycles. The van der Waals surface area contributed by atoms with E-state index in [-0.39, 0.29) is 18.4 Å². The Morgan fingerprint density at radius 1 is 1.29 bits per heavy atom. The van der Waals surface area contributed by atoms with Crippen molar-refractivity contribution in [3.05, 3.63) is 35.9 Å². The van der Waals surface area contributed by atoms with Gasteiger partial charge in [0.1, 0.15) is 5.54 Å². The minimum atomic E-state index is -0.984. The number of nitrogens with zero attached hydrogens (tertiary/aromatic N) is 1. The van der Waals surface area contributed by atoms with Crippen LogP contribution < -0.4 is 5.32 Å². The molecule has 21 heavy (non-hydrogen) atoms. The molecule has 1 saturated heterocycles. The first-order chi connectivity index (χ1) is 10.1. The lowest BCUT2D eigenvalue weighted by molar-refractivity contribution is -0.149. The molecular formula is C16H22N2O3. The summed E-state index contributed by atoms with van der Waals surface area (Å²) in [6, 6.07) is 9.35. The molecule has 1 aromatic carbocycles. The Morgan fingerprint density at radius 2 is 2.00 bits per heavy atom. The molecule has 5 heteroatoms. The van der Waals surface area contributed by atoms with Gasteiger partial charge in [-0.15, -0.1) is 0 Å². The maximum atomic E-state index is 12.7. The highest BCUT2D eigenvalue weighted by atomic mass is 16.5. The topological polar surface area (TPSA) is 58.6 Å². The molecule has 1 heterocycles. The minimum absolute atomic E-state index is 0.0650. The Morgan fingerprint density at radius 3 is 2.67 bits per heavy atom. The molecule has 1 fully saturated rings. The van der Waals surface area contributed by atoms with Crippen molar-refractivity contribution < 1.29 is 14.3 Å². The van der Waals surface area contributed by atoms with E-state index in [9.17, 15) is 9.59 Å². The molecule has 1 unspecified atom stereocenters. The first-order valence-corrected chi connectivity index (χ1v) is 7.31. The number of carbonyl (C=O) groups is 2. The van der Waals surface area contributed by atoms with Crippen molar-refractivity contribution in [1.29, 1.82) is 0 Å². The van der Waals surface area contributed by atoms with Crippen molar-refractivity contribution in [3.63, 3.8) is 0 Å². The summed E-state index contributed by atoms with van der Waals surface area (Å²) >= 11 is 0. The summed E-state index contributed by atoms with van der Waals surface area (Å²) < 4.78 is 5.28. The van der Waals surface area contributed by atoms with Crippen molar-refractivity contribution in [3.8, 4) is 0 Å². The van der Waals surface area contributed by atoms with Gasteiger partial charge in [-0.05, 0) is 25.8 Å². The predicted molar refractivity (Wildman–Crippen MR) is 79.6 cm³/mol. The van der Waals surface area contributed by atoms with Crippen molar-refractivity contribution in [2.45, 2.75) is 25.8 Å². The van der Waals surface area contributed by atoms with E-state index in [2.05, 4.69) is 5.32 Å². The predicted octanol–water partition coefficient (Wildman–Crippen LogP) is 1.29. The highest BCUT2D eigenvalue weighted by Crippen LogP contribution is 2.26. The summed E-state index contributed by atoms with van der Waals surface area (Å²) in [6.45, 7) is 5.62. The molecule has 0 radical (unpaired) electrons. The molecule has 1 atom stereocenters. The van der Waals surface area contributed by atoms with Gasteiger partial charge in [0.15, 0.2) is 0 Å². The van der Waals surface area contributed by atoms with E-state index in [0.717, 1.165) is 12.0 Å². The van der Waals surface area contributed by atoms with Gasteiger partial charge >= 0.3 is 0 Å². The highest BCUT2D eigenvalue weighted by Gasteiger charge is 2.43. The maximum Gasteiger partial charge on any atom is 0.253 e. The highest BCUT2D eigenvalue weighted by molar-refractivity contribution is 5.98. The summed E-state index contributed by atoms with van der Waals surface area (Å²) in [5.41, 5.74) is -0.180. The Bertz CT molecular complexity index is 504. The van der Waals surface area contributed by atoms with Gasteiger partial charge in [-0.25, -0.2) is 0 Å². The smallest absolute Gasteiger partial charge is 0.253 e. The van der Waals surface area contributed by atoms with E-state index in [1.54, 1.807) is 11.8 Å². The van der Waals surface area contributed by atoms with Crippen LogP contribution in [0.25, 0.3) is 0 Å². The van der Waals surface area contributed by atoms with Gasteiger partial charge in [-0.1, -0.05) is 30.3 Å². The van der Waals surface area contributed by atoms with Gasteiger partial charge in [0.2, 0.25) is 5.91 Å². The van der Waals surface area contributed by atoms with Crippen LogP contribution in [0.2, 0.25) is 0 Å². The van der Waals surface area contributed by atoms with Gasteiger partial charge in [0, 0.05) is 19.8 Å². The molecule has 114 valence electrons. The van der Waals surface area contributed by atoms with E-state index in [0.29, 0.717) is 19.8 Å². The summed E-state index contributed by atoms with van der Waals surface area (Å²) in [4.78, 5) is 26.3. The molecule has 1 N–H and O–H groups in total. The van der Waals surface area contributed by atoms with Crippen LogP contribution in [0.5, 0.6) is 0 Å². The minimum Gasteiger partial charge on any atom is -0.382 e. The summed E-state index contributed by atoms with van der Waals surface area (Å²) in [5.74, 6) is -0.192. The standard InChI is InChI=1S/C16H22N2O3/c1-3-21-11-7-10-18-12-14(19)17-16(2,15(18)20)13-8-5-4-6-9-13/h4-6,8-9H,3,7,10-12H2,1-2H3,(H,17,19).